The Balaban J connectivity index is 2.22. The summed E-state index contributed by atoms with van der Waals surface area (Å²) in [6, 6.07) is 0. The summed E-state index contributed by atoms with van der Waals surface area (Å²) < 4.78 is 4.78. The second kappa shape index (κ2) is 2.75. The highest BCUT2D eigenvalue weighted by atomic mass is 16.5. The number of allylic oxidation sites excluding steroid dienone is 1. The fraction of sp³-hybridized carbons (Fsp3) is 0.727. The van der Waals surface area contributed by atoms with Crippen LogP contribution in [0.15, 0.2) is 12.2 Å². The van der Waals surface area contributed by atoms with Crippen molar-refractivity contribution in [2.24, 2.45) is 5.41 Å². The maximum atomic E-state index is 11.5. The van der Waals surface area contributed by atoms with Crippen molar-refractivity contribution in [2.45, 2.75) is 32.2 Å². The summed E-state index contributed by atoms with van der Waals surface area (Å²) in [5.41, 5.74) is 0.213. The predicted molar refractivity (Wildman–Crippen MR) is 54.0 cm³/mol. The Morgan fingerprint density at radius 3 is 2.57 bits per heavy atom. The number of methoxy groups -OCH3 is 1. The van der Waals surface area contributed by atoms with Crippen molar-refractivity contribution in [3.05, 3.63) is 12.2 Å². The molecule has 1 aliphatic heterocycles. The van der Waals surface area contributed by atoms with Crippen LogP contribution in [0.25, 0.3) is 0 Å². The van der Waals surface area contributed by atoms with Crippen LogP contribution in [0.5, 0.6) is 0 Å². The summed E-state index contributed by atoms with van der Waals surface area (Å²) in [6.07, 6.45) is 6.20. The molecule has 1 amide bonds. The van der Waals surface area contributed by atoms with Gasteiger partial charge in [-0.05, 0) is 19.8 Å². The number of rotatable bonds is 0. The average molecular weight is 195 g/mol. The Morgan fingerprint density at radius 1 is 1.36 bits per heavy atom. The smallest absolute Gasteiger partial charge is 0.409 e. The Labute approximate surface area is 84.7 Å². The van der Waals surface area contributed by atoms with Gasteiger partial charge in [-0.25, -0.2) is 4.79 Å². The lowest BCUT2D eigenvalue weighted by Crippen LogP contribution is -2.73. The maximum absolute atomic E-state index is 11.5. The lowest BCUT2D eigenvalue weighted by atomic mass is 9.58. The number of amides is 1. The van der Waals surface area contributed by atoms with Gasteiger partial charge in [-0.2, -0.15) is 0 Å². The summed E-state index contributed by atoms with van der Waals surface area (Å²) in [4.78, 5) is 13.3. The van der Waals surface area contributed by atoms with Gasteiger partial charge in [0.25, 0.3) is 0 Å². The first-order valence-corrected chi connectivity index (χ1v) is 5.04. The molecule has 2 aliphatic rings. The Bertz CT molecular complexity index is 300. The molecule has 0 N–H and O–H groups in total. The van der Waals surface area contributed by atoms with Crippen molar-refractivity contribution in [1.29, 1.82) is 0 Å². The van der Waals surface area contributed by atoms with Gasteiger partial charge in [0.15, 0.2) is 0 Å². The van der Waals surface area contributed by atoms with Gasteiger partial charge in [0, 0.05) is 12.0 Å². The van der Waals surface area contributed by atoms with Gasteiger partial charge in [0.05, 0.1) is 12.6 Å². The minimum absolute atomic E-state index is 0.0329. The normalized spacial score (nSPS) is 40.1. The lowest BCUT2D eigenvalue weighted by Gasteiger charge is -2.64. The SMILES string of the molecule is COC(=O)N1C[C@@]2(C)CC=CC[C@]12C. The molecule has 0 aromatic rings. The van der Waals surface area contributed by atoms with Gasteiger partial charge in [-0.15, -0.1) is 0 Å². The number of carbonyl (C=O) groups is 1. The van der Waals surface area contributed by atoms with E-state index in [2.05, 4.69) is 26.0 Å². The molecular weight excluding hydrogens is 178 g/mol. The van der Waals surface area contributed by atoms with Crippen LogP contribution in [0.1, 0.15) is 26.7 Å². The van der Waals surface area contributed by atoms with E-state index in [4.69, 9.17) is 4.74 Å². The first kappa shape index (κ1) is 9.56. The second-order valence-electron chi connectivity index (χ2n) is 4.77. The van der Waals surface area contributed by atoms with E-state index >= 15 is 0 Å². The summed E-state index contributed by atoms with van der Waals surface area (Å²) >= 11 is 0. The standard InChI is InChI=1S/C11H17NO2/c1-10-6-4-5-7-11(10,2)12(8-10)9(13)14-3/h4-5H,6-8H2,1-3H3/t10-,11+/m1/s1. The second-order valence-corrected chi connectivity index (χ2v) is 4.77. The molecule has 1 fully saturated rings. The third-order valence-electron chi connectivity index (χ3n) is 4.05. The minimum atomic E-state index is -0.194. The molecule has 0 spiro atoms. The number of ether oxygens (including phenoxy) is 1. The zero-order chi connectivity index (χ0) is 10.4. The molecule has 0 radical (unpaired) electrons. The summed E-state index contributed by atoms with van der Waals surface area (Å²) in [7, 11) is 1.44. The van der Waals surface area contributed by atoms with Gasteiger partial charge in [0.2, 0.25) is 0 Å². The fourth-order valence-corrected chi connectivity index (χ4v) is 2.60. The number of hydrogen-bond acceptors (Lipinski definition) is 2. The Hall–Kier alpha value is -0.990. The topological polar surface area (TPSA) is 29.5 Å². The van der Waals surface area contributed by atoms with E-state index in [1.807, 2.05) is 4.90 Å². The number of hydrogen-bond donors (Lipinski definition) is 0. The molecule has 0 bridgehead atoms. The van der Waals surface area contributed by atoms with Crippen molar-refractivity contribution in [3.8, 4) is 0 Å². The van der Waals surface area contributed by atoms with Crippen molar-refractivity contribution >= 4 is 6.09 Å². The zero-order valence-corrected chi connectivity index (χ0v) is 9.04. The molecule has 0 unspecified atom stereocenters. The zero-order valence-electron chi connectivity index (χ0n) is 9.04. The quantitative estimate of drug-likeness (QED) is 0.554. The van der Waals surface area contributed by atoms with Gasteiger partial charge >= 0.3 is 6.09 Å². The van der Waals surface area contributed by atoms with E-state index in [-0.39, 0.29) is 17.0 Å². The molecule has 1 aliphatic carbocycles. The summed E-state index contributed by atoms with van der Waals surface area (Å²) in [6.45, 7) is 5.22. The highest BCUT2D eigenvalue weighted by Crippen LogP contribution is 2.53. The third-order valence-corrected chi connectivity index (χ3v) is 4.05. The fourth-order valence-electron chi connectivity index (χ4n) is 2.60. The van der Waals surface area contributed by atoms with Crippen LogP contribution in [0.4, 0.5) is 4.79 Å². The van der Waals surface area contributed by atoms with Crippen molar-refractivity contribution in [3.63, 3.8) is 0 Å². The van der Waals surface area contributed by atoms with Crippen molar-refractivity contribution < 1.29 is 9.53 Å². The van der Waals surface area contributed by atoms with Crippen molar-refractivity contribution in [2.75, 3.05) is 13.7 Å². The molecular formula is C11H17NO2. The molecule has 0 aromatic carbocycles. The maximum Gasteiger partial charge on any atom is 0.409 e. The highest BCUT2D eigenvalue weighted by Gasteiger charge is 2.60. The first-order chi connectivity index (χ1) is 6.53. The van der Waals surface area contributed by atoms with E-state index in [1.54, 1.807) is 0 Å². The van der Waals surface area contributed by atoms with Crippen LogP contribution in [-0.4, -0.2) is 30.2 Å². The summed E-state index contributed by atoms with van der Waals surface area (Å²) in [5, 5.41) is 0. The molecule has 1 saturated heterocycles. The van der Waals surface area contributed by atoms with Crippen LogP contribution in [0.3, 0.4) is 0 Å². The minimum Gasteiger partial charge on any atom is -0.453 e. The molecule has 2 atom stereocenters. The molecule has 14 heavy (non-hydrogen) atoms. The van der Waals surface area contributed by atoms with E-state index < -0.39 is 0 Å². The highest BCUT2D eigenvalue weighted by molar-refractivity contribution is 5.70. The molecule has 78 valence electrons. The van der Waals surface area contributed by atoms with Crippen LogP contribution in [0.2, 0.25) is 0 Å². The van der Waals surface area contributed by atoms with E-state index in [0.29, 0.717) is 0 Å². The molecule has 0 aromatic heterocycles. The molecule has 3 heteroatoms. The molecule has 2 rings (SSSR count). The monoisotopic (exact) mass is 195 g/mol. The largest absolute Gasteiger partial charge is 0.453 e. The predicted octanol–water partition coefficient (Wildman–Crippen LogP) is 2.18. The number of carbonyl (C=O) groups excluding carboxylic acids is 1. The van der Waals surface area contributed by atoms with Crippen LogP contribution in [-0.2, 0) is 4.74 Å². The van der Waals surface area contributed by atoms with Gasteiger partial charge in [-0.1, -0.05) is 19.1 Å². The van der Waals surface area contributed by atoms with E-state index in [9.17, 15) is 4.79 Å². The van der Waals surface area contributed by atoms with Crippen LogP contribution < -0.4 is 0 Å². The Morgan fingerprint density at radius 2 is 2.00 bits per heavy atom. The van der Waals surface area contributed by atoms with E-state index in [1.165, 1.54) is 7.11 Å². The number of fused-ring (bicyclic) bond motifs is 1. The molecule has 0 saturated carbocycles. The first-order valence-electron chi connectivity index (χ1n) is 5.04. The van der Waals surface area contributed by atoms with Gasteiger partial charge in [-0.3, -0.25) is 0 Å². The number of nitrogens with zero attached hydrogens (tertiary/aromatic N) is 1. The van der Waals surface area contributed by atoms with Crippen LogP contribution in [0, 0.1) is 5.41 Å². The van der Waals surface area contributed by atoms with Crippen molar-refractivity contribution in [1.82, 2.24) is 4.90 Å². The third kappa shape index (κ3) is 0.954. The van der Waals surface area contributed by atoms with Crippen LogP contribution >= 0.6 is 0 Å². The molecule has 3 nitrogen and oxygen atoms in total. The Kier molecular flexibility index (Phi) is 1.88. The number of likely N-dealkylation sites (tertiary alicyclic amines) is 1. The molecule has 1 heterocycles. The average Bonchev–Trinajstić information content (AvgIpc) is 2.17. The summed E-state index contributed by atoms with van der Waals surface area (Å²) in [5.74, 6) is 0. The lowest BCUT2D eigenvalue weighted by molar-refractivity contribution is -0.120. The van der Waals surface area contributed by atoms with E-state index in [0.717, 1.165) is 19.4 Å². The van der Waals surface area contributed by atoms with Gasteiger partial charge < -0.3 is 9.64 Å². The van der Waals surface area contributed by atoms with Gasteiger partial charge in [0.1, 0.15) is 0 Å².